The van der Waals surface area contributed by atoms with E-state index in [0.717, 1.165) is 18.4 Å². The third kappa shape index (κ3) is 15.4. The minimum absolute atomic E-state index is 0.0507. The van der Waals surface area contributed by atoms with Crippen LogP contribution in [0.4, 0.5) is 0 Å². The zero-order valence-corrected chi connectivity index (χ0v) is 25.7. The molecule has 0 fully saturated rings. The average molecular weight is 563 g/mol. The molecule has 7 heteroatoms. The van der Waals surface area contributed by atoms with Crippen LogP contribution in [-0.2, 0) is 28.6 Å². The van der Waals surface area contributed by atoms with Gasteiger partial charge in [0.25, 0.3) is 6.47 Å². The fraction of sp³-hybridized carbons (Fsp3) is 0.727. The minimum Gasteiger partial charge on any atom is -0.461 e. The van der Waals surface area contributed by atoms with Crippen LogP contribution in [0, 0.1) is 17.8 Å². The van der Waals surface area contributed by atoms with Gasteiger partial charge < -0.3 is 19.3 Å². The summed E-state index contributed by atoms with van der Waals surface area (Å²) in [7, 11) is 0. The van der Waals surface area contributed by atoms with Gasteiger partial charge in [-0.05, 0) is 89.5 Å². The van der Waals surface area contributed by atoms with Crippen LogP contribution in [-0.4, -0.2) is 47.9 Å². The van der Waals surface area contributed by atoms with Gasteiger partial charge in [-0.3, -0.25) is 14.4 Å². The molecule has 0 aromatic heterocycles. The lowest BCUT2D eigenvalue weighted by Gasteiger charge is -2.27. The molecule has 228 valence electrons. The maximum absolute atomic E-state index is 13.1. The topological polar surface area (TPSA) is 99.1 Å². The van der Waals surface area contributed by atoms with Crippen molar-refractivity contribution in [2.75, 3.05) is 0 Å². The highest BCUT2D eigenvalue weighted by molar-refractivity contribution is 5.73. The monoisotopic (exact) mass is 562 g/mol. The lowest BCUT2D eigenvalue weighted by molar-refractivity contribution is -0.161. The van der Waals surface area contributed by atoms with E-state index in [1.807, 2.05) is 19.9 Å². The summed E-state index contributed by atoms with van der Waals surface area (Å²) in [6.45, 7) is 11.8. The fourth-order valence-corrected chi connectivity index (χ4v) is 5.02. The van der Waals surface area contributed by atoms with Gasteiger partial charge in [0.15, 0.2) is 0 Å². The van der Waals surface area contributed by atoms with E-state index in [-0.39, 0.29) is 17.9 Å². The molecule has 1 aliphatic rings. The molecule has 40 heavy (non-hydrogen) atoms. The summed E-state index contributed by atoms with van der Waals surface area (Å²) in [5.74, 6) is -1.20. The molecule has 0 radical (unpaired) electrons. The Morgan fingerprint density at radius 2 is 1.80 bits per heavy atom. The molecule has 0 saturated heterocycles. The first-order valence-corrected chi connectivity index (χ1v) is 15.2. The van der Waals surface area contributed by atoms with Crippen LogP contribution in [0.15, 0.2) is 36.0 Å². The molecule has 7 atom stereocenters. The molecule has 1 rings (SSSR count). The van der Waals surface area contributed by atoms with Gasteiger partial charge in [0.1, 0.15) is 18.3 Å². The molecule has 1 heterocycles. The van der Waals surface area contributed by atoms with Crippen molar-refractivity contribution in [3.63, 3.8) is 0 Å². The van der Waals surface area contributed by atoms with Gasteiger partial charge in [0.2, 0.25) is 0 Å². The molecular weight excluding hydrogens is 508 g/mol. The Labute approximate surface area is 242 Å². The highest BCUT2D eigenvalue weighted by Crippen LogP contribution is 2.25. The van der Waals surface area contributed by atoms with Crippen LogP contribution >= 0.6 is 0 Å². The number of cyclic esters (lactones) is 1. The van der Waals surface area contributed by atoms with Crippen molar-refractivity contribution in [2.24, 2.45) is 17.8 Å². The van der Waals surface area contributed by atoms with Crippen molar-refractivity contribution >= 4 is 18.4 Å². The van der Waals surface area contributed by atoms with Gasteiger partial charge >= 0.3 is 11.9 Å². The van der Waals surface area contributed by atoms with E-state index in [4.69, 9.17) is 14.2 Å². The quantitative estimate of drug-likeness (QED) is 0.0805. The predicted octanol–water partition coefficient (Wildman–Crippen LogP) is 7.02. The fourth-order valence-electron chi connectivity index (χ4n) is 5.02. The number of hydrogen-bond donors (Lipinski definition) is 1. The molecule has 0 aliphatic carbocycles. The first-order valence-electron chi connectivity index (χ1n) is 15.2. The zero-order valence-electron chi connectivity index (χ0n) is 25.7. The summed E-state index contributed by atoms with van der Waals surface area (Å²) < 4.78 is 16.8. The Balaban J connectivity index is 3.11. The summed E-state index contributed by atoms with van der Waals surface area (Å²) in [6.07, 6.45) is 17.0. The van der Waals surface area contributed by atoms with Crippen LogP contribution in [0.1, 0.15) is 112 Å². The van der Waals surface area contributed by atoms with Gasteiger partial charge in [0.05, 0.1) is 12.0 Å². The number of allylic oxidation sites excluding steroid dienone is 5. The SMILES string of the molecule is CCCCC/C=C\C(C)=C\C1CC(C)C/C=C/CCC(OC=O)C(OC(C)=O)CCC(C)CC(O)C(C)C(=O)O1. The molecule has 0 saturated carbocycles. The number of carbonyl (C=O) groups is 3. The summed E-state index contributed by atoms with van der Waals surface area (Å²) >= 11 is 0. The van der Waals surface area contributed by atoms with E-state index < -0.39 is 36.2 Å². The van der Waals surface area contributed by atoms with Crippen molar-refractivity contribution in [1.29, 1.82) is 0 Å². The number of rotatable bonds is 9. The molecule has 1 aliphatic heterocycles. The van der Waals surface area contributed by atoms with E-state index in [2.05, 4.69) is 38.2 Å². The van der Waals surface area contributed by atoms with E-state index in [1.54, 1.807) is 6.92 Å². The lowest BCUT2D eigenvalue weighted by atomic mass is 9.90. The number of aliphatic hydroxyl groups excluding tert-OH is 1. The molecule has 7 nitrogen and oxygen atoms in total. The van der Waals surface area contributed by atoms with E-state index in [0.29, 0.717) is 45.0 Å². The third-order valence-corrected chi connectivity index (χ3v) is 7.53. The summed E-state index contributed by atoms with van der Waals surface area (Å²) in [5, 5.41) is 10.9. The van der Waals surface area contributed by atoms with Crippen LogP contribution in [0.5, 0.6) is 0 Å². The highest BCUT2D eigenvalue weighted by atomic mass is 16.6. The van der Waals surface area contributed by atoms with Gasteiger partial charge in [-0.2, -0.15) is 0 Å². The average Bonchev–Trinajstić information content (AvgIpc) is 2.88. The molecule has 0 aromatic carbocycles. The Morgan fingerprint density at radius 1 is 1.05 bits per heavy atom. The maximum atomic E-state index is 13.1. The van der Waals surface area contributed by atoms with Gasteiger partial charge in [0, 0.05) is 6.92 Å². The molecule has 0 spiro atoms. The number of hydrogen-bond acceptors (Lipinski definition) is 7. The molecule has 7 unspecified atom stereocenters. The maximum Gasteiger partial charge on any atom is 0.311 e. The Kier molecular flexibility index (Phi) is 18.2. The second kappa shape index (κ2) is 20.5. The summed E-state index contributed by atoms with van der Waals surface area (Å²) in [4.78, 5) is 36.0. The largest absolute Gasteiger partial charge is 0.461 e. The van der Waals surface area contributed by atoms with Crippen molar-refractivity contribution in [3.05, 3.63) is 36.0 Å². The van der Waals surface area contributed by atoms with E-state index in [9.17, 15) is 19.5 Å². The number of esters is 2. The Hall–Kier alpha value is -2.41. The lowest BCUT2D eigenvalue weighted by Crippen LogP contribution is -2.34. The molecule has 0 bridgehead atoms. The summed E-state index contributed by atoms with van der Waals surface area (Å²) in [5.41, 5.74) is 1.06. The van der Waals surface area contributed by atoms with Crippen LogP contribution in [0.2, 0.25) is 0 Å². The first-order chi connectivity index (χ1) is 19.1. The molecule has 1 N–H and O–H groups in total. The predicted molar refractivity (Wildman–Crippen MR) is 158 cm³/mol. The van der Waals surface area contributed by atoms with Crippen LogP contribution in [0.3, 0.4) is 0 Å². The van der Waals surface area contributed by atoms with E-state index in [1.165, 1.54) is 26.2 Å². The smallest absolute Gasteiger partial charge is 0.311 e. The molecular formula is C33H54O7. The number of unbranched alkanes of at least 4 members (excludes halogenated alkanes) is 3. The number of carbonyl (C=O) groups excluding carboxylic acids is 3. The number of ether oxygens (including phenoxy) is 3. The van der Waals surface area contributed by atoms with Gasteiger partial charge in [-0.1, -0.05) is 63.5 Å². The Bertz CT molecular complexity index is 831. The second-order valence-electron chi connectivity index (χ2n) is 11.6. The highest BCUT2D eigenvalue weighted by Gasteiger charge is 2.30. The van der Waals surface area contributed by atoms with Gasteiger partial charge in [-0.25, -0.2) is 0 Å². The normalized spacial score (nSPS) is 31.0. The van der Waals surface area contributed by atoms with Crippen molar-refractivity contribution in [3.8, 4) is 0 Å². The second-order valence-corrected chi connectivity index (χ2v) is 11.6. The Morgan fingerprint density at radius 3 is 2.48 bits per heavy atom. The molecule has 0 aromatic rings. The van der Waals surface area contributed by atoms with Crippen LogP contribution < -0.4 is 0 Å². The van der Waals surface area contributed by atoms with Gasteiger partial charge in [-0.15, -0.1) is 0 Å². The standard InChI is InChI=1S/C33H54O7/c1-7-8-9-10-12-15-24(2)20-29-21-25(3)16-13-11-14-17-31(38-23-34)32(39-28(6)35)19-18-26(4)22-30(36)27(5)33(37)40-29/h11-13,15,20,23,25-27,29-32,36H,7-10,14,16-19,21-22H2,1-6H3/b13-11+,15-12-,24-20+. The minimum atomic E-state index is -0.861. The summed E-state index contributed by atoms with van der Waals surface area (Å²) in [6, 6.07) is 0. The first kappa shape index (κ1) is 35.6. The number of aliphatic hydroxyl groups is 1. The zero-order chi connectivity index (χ0) is 29.9. The molecule has 0 amide bonds. The van der Waals surface area contributed by atoms with Crippen molar-refractivity contribution in [1.82, 2.24) is 0 Å². The third-order valence-electron chi connectivity index (χ3n) is 7.53. The van der Waals surface area contributed by atoms with Crippen molar-refractivity contribution in [2.45, 2.75) is 137 Å². The van der Waals surface area contributed by atoms with Crippen molar-refractivity contribution < 1.29 is 33.7 Å². The van der Waals surface area contributed by atoms with E-state index >= 15 is 0 Å². The van der Waals surface area contributed by atoms with Crippen LogP contribution in [0.25, 0.3) is 0 Å².